The maximum absolute atomic E-state index is 12.2. The Hall–Kier alpha value is -2.55. The number of nitrogens with one attached hydrogen (secondary N) is 1. The molecular weight excluding hydrogens is 375 g/mol. The van der Waals surface area contributed by atoms with Gasteiger partial charge in [0.25, 0.3) is 5.91 Å². The van der Waals surface area contributed by atoms with Crippen LogP contribution in [0.5, 0.6) is 5.75 Å². The minimum absolute atomic E-state index is 0.261. The number of alkyl halides is 3. The van der Waals surface area contributed by atoms with Crippen molar-refractivity contribution in [3.8, 4) is 5.75 Å². The first-order chi connectivity index (χ1) is 13.4. The number of aromatic nitrogens is 2. The predicted octanol–water partition coefficient (Wildman–Crippen LogP) is 3.24. The third-order valence-electron chi connectivity index (χ3n) is 4.41. The maximum Gasteiger partial charge on any atom is 0.573 e. The molecule has 0 fully saturated rings. The summed E-state index contributed by atoms with van der Waals surface area (Å²) in [6.07, 6.45) is -2.38. The Morgan fingerprint density at radius 1 is 1.32 bits per heavy atom. The summed E-state index contributed by atoms with van der Waals surface area (Å²) in [6.45, 7) is 4.53. The normalized spacial score (nSPS) is 13.9. The van der Waals surface area contributed by atoms with Crippen LogP contribution in [0.1, 0.15) is 40.7 Å². The highest BCUT2D eigenvalue weighted by Crippen LogP contribution is 2.23. The molecule has 2 heterocycles. The molecule has 9 heteroatoms. The highest BCUT2D eigenvalue weighted by Gasteiger charge is 2.31. The van der Waals surface area contributed by atoms with Gasteiger partial charge in [-0.3, -0.25) is 9.48 Å². The second-order valence-corrected chi connectivity index (χ2v) is 6.48. The largest absolute Gasteiger partial charge is 0.573 e. The number of aryl methyl sites for hydroxylation is 1. The van der Waals surface area contributed by atoms with Crippen LogP contribution in [0.15, 0.2) is 24.3 Å². The van der Waals surface area contributed by atoms with Gasteiger partial charge in [0.2, 0.25) is 0 Å². The van der Waals surface area contributed by atoms with Crippen molar-refractivity contribution in [2.75, 3.05) is 13.2 Å². The Bertz CT molecular complexity index is 816. The van der Waals surface area contributed by atoms with Gasteiger partial charge < -0.3 is 14.8 Å². The topological polar surface area (TPSA) is 65.4 Å². The van der Waals surface area contributed by atoms with Gasteiger partial charge in [-0.2, -0.15) is 5.10 Å². The summed E-state index contributed by atoms with van der Waals surface area (Å²) in [6, 6.07) is 4.81. The molecule has 152 valence electrons. The number of carbonyl (C=O) groups is 1. The Kier molecular flexibility index (Phi) is 6.23. The summed E-state index contributed by atoms with van der Waals surface area (Å²) in [5.41, 5.74) is 3.48. The number of carbonyl (C=O) groups excluding carboxylic acids is 1. The second-order valence-electron chi connectivity index (χ2n) is 6.48. The number of halogens is 3. The van der Waals surface area contributed by atoms with Crippen LogP contribution in [0, 0.1) is 0 Å². The number of hydrogen-bond donors (Lipinski definition) is 1. The van der Waals surface area contributed by atoms with Crippen LogP contribution in [-0.4, -0.2) is 35.2 Å². The van der Waals surface area contributed by atoms with Gasteiger partial charge in [-0.15, -0.1) is 13.2 Å². The average Bonchev–Trinajstić information content (AvgIpc) is 2.99. The van der Waals surface area contributed by atoms with Gasteiger partial charge in [-0.25, -0.2) is 0 Å². The molecule has 3 rings (SSSR count). The van der Waals surface area contributed by atoms with Crippen molar-refractivity contribution in [1.82, 2.24) is 15.1 Å². The summed E-state index contributed by atoms with van der Waals surface area (Å²) < 4.78 is 47.9. The lowest BCUT2D eigenvalue weighted by Crippen LogP contribution is -2.26. The van der Waals surface area contributed by atoms with E-state index >= 15 is 0 Å². The number of rotatable bonds is 7. The molecule has 0 radical (unpaired) electrons. The van der Waals surface area contributed by atoms with E-state index in [1.54, 1.807) is 0 Å². The molecule has 0 bridgehead atoms. The first-order valence-corrected chi connectivity index (χ1v) is 9.16. The summed E-state index contributed by atoms with van der Waals surface area (Å²) in [5, 5.41) is 7.43. The fraction of sp³-hybridized carbons (Fsp3) is 0.474. The Morgan fingerprint density at radius 2 is 2.07 bits per heavy atom. The van der Waals surface area contributed by atoms with E-state index in [9.17, 15) is 18.0 Å². The monoisotopic (exact) mass is 397 g/mol. The van der Waals surface area contributed by atoms with Crippen LogP contribution < -0.4 is 10.1 Å². The number of hydrogen-bond acceptors (Lipinski definition) is 4. The lowest BCUT2D eigenvalue weighted by Gasteiger charge is -2.15. The lowest BCUT2D eigenvalue weighted by atomic mass is 10.1. The molecule has 1 N–H and O–H groups in total. The van der Waals surface area contributed by atoms with Crippen LogP contribution in [0.25, 0.3) is 0 Å². The van der Waals surface area contributed by atoms with Gasteiger partial charge in [-0.05, 0) is 30.7 Å². The summed E-state index contributed by atoms with van der Waals surface area (Å²) >= 11 is 0. The molecule has 0 spiro atoms. The molecule has 1 aromatic heterocycles. The zero-order valence-corrected chi connectivity index (χ0v) is 15.5. The van der Waals surface area contributed by atoms with Crippen LogP contribution in [0.2, 0.25) is 0 Å². The van der Waals surface area contributed by atoms with Crippen molar-refractivity contribution >= 4 is 5.91 Å². The number of fused-ring (bicyclic) bond motifs is 1. The summed E-state index contributed by atoms with van der Waals surface area (Å²) in [5.74, 6) is -0.728. The zero-order valence-electron chi connectivity index (χ0n) is 15.5. The first-order valence-electron chi connectivity index (χ1n) is 9.16. The van der Waals surface area contributed by atoms with Gasteiger partial charge in [0.1, 0.15) is 5.75 Å². The fourth-order valence-corrected chi connectivity index (χ4v) is 3.18. The smallest absolute Gasteiger partial charge is 0.406 e. The third kappa shape index (κ3) is 5.03. The predicted molar refractivity (Wildman–Crippen MR) is 95.0 cm³/mol. The van der Waals surface area contributed by atoms with E-state index in [2.05, 4.69) is 22.1 Å². The second kappa shape index (κ2) is 8.64. The molecule has 1 amide bonds. The van der Waals surface area contributed by atoms with E-state index in [4.69, 9.17) is 4.74 Å². The van der Waals surface area contributed by atoms with E-state index in [1.807, 2.05) is 4.68 Å². The van der Waals surface area contributed by atoms with Crippen LogP contribution in [0.4, 0.5) is 13.2 Å². The highest BCUT2D eigenvalue weighted by molar-refractivity contribution is 5.94. The van der Waals surface area contributed by atoms with Gasteiger partial charge in [0.05, 0.1) is 18.9 Å². The molecule has 0 saturated carbocycles. The van der Waals surface area contributed by atoms with Crippen molar-refractivity contribution in [1.29, 1.82) is 0 Å². The van der Waals surface area contributed by atoms with E-state index in [0.717, 1.165) is 42.8 Å². The minimum atomic E-state index is -4.76. The molecule has 28 heavy (non-hydrogen) atoms. The standard InChI is InChI=1S/C19H22F3N3O3/c1-2-10-25-17-8-11-27-12-15(17)16(24-25)7-9-23-18(26)13-3-5-14(6-4-13)28-19(20,21)22/h3-6H,2,7-12H2,1H3,(H,23,26). The van der Waals surface area contributed by atoms with Crippen molar-refractivity contribution in [2.45, 2.75) is 45.7 Å². The van der Waals surface area contributed by atoms with E-state index in [-0.39, 0.29) is 17.2 Å². The number of nitrogens with zero attached hydrogens (tertiary/aromatic N) is 2. The first kappa shape index (κ1) is 20.2. The van der Waals surface area contributed by atoms with Gasteiger partial charge in [0.15, 0.2) is 0 Å². The van der Waals surface area contributed by atoms with Crippen molar-refractivity contribution in [3.63, 3.8) is 0 Å². The SMILES string of the molecule is CCCn1nc(CCNC(=O)c2ccc(OC(F)(F)F)cc2)c2c1CCOC2. The molecule has 1 aliphatic rings. The van der Waals surface area contributed by atoms with Crippen LogP contribution in [0.3, 0.4) is 0 Å². The highest BCUT2D eigenvalue weighted by atomic mass is 19.4. The number of amides is 1. The van der Waals surface area contributed by atoms with Gasteiger partial charge in [-0.1, -0.05) is 6.92 Å². The zero-order chi connectivity index (χ0) is 20.1. The molecule has 0 unspecified atom stereocenters. The molecule has 0 saturated heterocycles. The fourth-order valence-electron chi connectivity index (χ4n) is 3.18. The molecule has 6 nitrogen and oxygen atoms in total. The average molecular weight is 397 g/mol. The van der Waals surface area contributed by atoms with Crippen molar-refractivity contribution in [2.24, 2.45) is 0 Å². The number of benzene rings is 1. The quantitative estimate of drug-likeness (QED) is 0.779. The number of ether oxygens (including phenoxy) is 2. The Morgan fingerprint density at radius 3 is 2.75 bits per heavy atom. The Labute approximate surface area is 160 Å². The van der Waals surface area contributed by atoms with Crippen molar-refractivity contribution < 1.29 is 27.4 Å². The molecular formula is C19H22F3N3O3. The van der Waals surface area contributed by atoms with E-state index < -0.39 is 6.36 Å². The molecule has 1 aliphatic heterocycles. The van der Waals surface area contributed by atoms with E-state index in [1.165, 1.54) is 17.8 Å². The minimum Gasteiger partial charge on any atom is -0.406 e. The molecule has 0 aliphatic carbocycles. The third-order valence-corrected chi connectivity index (χ3v) is 4.41. The summed E-state index contributed by atoms with van der Waals surface area (Å²) in [7, 11) is 0. The molecule has 2 aromatic rings. The van der Waals surface area contributed by atoms with Gasteiger partial charge in [0, 0.05) is 42.8 Å². The van der Waals surface area contributed by atoms with Gasteiger partial charge >= 0.3 is 6.36 Å². The molecule has 0 atom stereocenters. The molecule has 1 aromatic carbocycles. The summed E-state index contributed by atoms with van der Waals surface area (Å²) in [4.78, 5) is 12.2. The van der Waals surface area contributed by atoms with Crippen molar-refractivity contribution in [3.05, 3.63) is 46.8 Å². The van der Waals surface area contributed by atoms with E-state index in [0.29, 0.717) is 26.2 Å². The van der Waals surface area contributed by atoms with Crippen LogP contribution in [-0.2, 0) is 30.7 Å². The van der Waals surface area contributed by atoms with Crippen LogP contribution >= 0.6 is 0 Å². The lowest BCUT2D eigenvalue weighted by molar-refractivity contribution is -0.274. The Balaban J connectivity index is 1.57. The maximum atomic E-state index is 12.2.